The lowest BCUT2D eigenvalue weighted by molar-refractivity contribution is 1.41. The van der Waals surface area contributed by atoms with Gasteiger partial charge in [-0.1, -0.05) is 23.2 Å². The molecule has 1 aromatic carbocycles. The maximum Gasteiger partial charge on any atom is 0.0499 e. The van der Waals surface area contributed by atoms with Gasteiger partial charge in [-0.15, -0.1) is 0 Å². The zero-order valence-electron chi connectivity index (χ0n) is 7.60. The first-order chi connectivity index (χ1) is 6.18. The zero-order chi connectivity index (χ0) is 9.42. The Bertz CT molecular complexity index is 374. The van der Waals surface area contributed by atoms with Crippen LogP contribution in [0.5, 0.6) is 0 Å². The van der Waals surface area contributed by atoms with Gasteiger partial charge in [-0.25, -0.2) is 0 Å². The molecule has 0 radical (unpaired) electrons. The van der Waals surface area contributed by atoms with Crippen molar-refractivity contribution in [3.8, 4) is 0 Å². The molecule has 1 aliphatic carbocycles. The van der Waals surface area contributed by atoms with Gasteiger partial charge >= 0.3 is 0 Å². The van der Waals surface area contributed by atoms with E-state index in [2.05, 4.69) is 0 Å². The molecule has 1 nitrogen and oxygen atoms in total. The van der Waals surface area contributed by atoms with E-state index in [0.29, 0.717) is 0 Å². The van der Waals surface area contributed by atoms with Crippen LogP contribution in [0.3, 0.4) is 0 Å². The van der Waals surface area contributed by atoms with E-state index >= 15 is 0 Å². The molecule has 0 spiro atoms. The minimum atomic E-state index is 0.752. The smallest absolute Gasteiger partial charge is 0.0499 e. The van der Waals surface area contributed by atoms with E-state index in [9.17, 15) is 0 Å². The summed E-state index contributed by atoms with van der Waals surface area (Å²) in [6.07, 6.45) is 2.27. The number of aryl methyl sites for hydroxylation is 1. The lowest BCUT2D eigenvalue weighted by atomic mass is 10.1. The predicted molar refractivity (Wildman–Crippen MR) is 56.5 cm³/mol. The monoisotopic (exact) mass is 193 g/mol. The van der Waals surface area contributed by atoms with Gasteiger partial charge in [-0.05, 0) is 37.5 Å². The second-order valence-corrected chi connectivity index (χ2v) is 3.91. The second kappa shape index (κ2) is 3.08. The van der Waals surface area contributed by atoms with Crippen LogP contribution in [0.15, 0.2) is 23.8 Å². The van der Waals surface area contributed by atoms with E-state index in [0.717, 1.165) is 29.1 Å². The van der Waals surface area contributed by atoms with Gasteiger partial charge in [0.25, 0.3) is 0 Å². The van der Waals surface area contributed by atoms with Gasteiger partial charge in [0.05, 0.1) is 0 Å². The van der Waals surface area contributed by atoms with Crippen molar-refractivity contribution < 1.29 is 0 Å². The number of nitrogens with two attached hydrogens (primary N) is 1. The summed E-state index contributed by atoms with van der Waals surface area (Å²) in [7, 11) is 0. The van der Waals surface area contributed by atoms with Crippen molar-refractivity contribution in [1.29, 1.82) is 0 Å². The van der Waals surface area contributed by atoms with Crippen LogP contribution < -0.4 is 5.73 Å². The number of allylic oxidation sites excluding steroid dienone is 1. The first-order valence-corrected chi connectivity index (χ1v) is 4.80. The van der Waals surface area contributed by atoms with Crippen LogP contribution >= 0.6 is 11.6 Å². The van der Waals surface area contributed by atoms with Gasteiger partial charge in [-0.2, -0.15) is 0 Å². The Balaban J connectivity index is 2.50. The third-order valence-electron chi connectivity index (χ3n) is 2.29. The predicted octanol–water partition coefficient (Wildman–Crippen LogP) is 3.11. The Morgan fingerprint density at radius 2 is 2.08 bits per heavy atom. The Kier molecular flexibility index (Phi) is 2.04. The van der Waals surface area contributed by atoms with Crippen LogP contribution in [0.1, 0.15) is 24.0 Å². The van der Waals surface area contributed by atoms with Gasteiger partial charge in [0.2, 0.25) is 0 Å². The highest BCUT2D eigenvalue weighted by Crippen LogP contribution is 2.35. The zero-order valence-corrected chi connectivity index (χ0v) is 8.36. The summed E-state index contributed by atoms with van der Waals surface area (Å²) in [5.74, 6) is 0. The number of benzene rings is 1. The molecule has 2 N–H and O–H groups in total. The molecule has 0 heterocycles. The highest BCUT2D eigenvalue weighted by molar-refractivity contribution is 6.32. The molecule has 0 bridgehead atoms. The fourth-order valence-electron chi connectivity index (χ4n) is 1.37. The highest BCUT2D eigenvalue weighted by atomic mass is 35.5. The van der Waals surface area contributed by atoms with E-state index < -0.39 is 0 Å². The summed E-state index contributed by atoms with van der Waals surface area (Å²) in [6, 6.07) is 5.95. The van der Waals surface area contributed by atoms with Gasteiger partial charge in [0.15, 0.2) is 0 Å². The van der Waals surface area contributed by atoms with Crippen LogP contribution in [-0.2, 0) is 0 Å². The quantitative estimate of drug-likeness (QED) is 0.729. The van der Waals surface area contributed by atoms with E-state index in [1.807, 2.05) is 25.1 Å². The molecule has 0 atom stereocenters. The van der Waals surface area contributed by atoms with Crippen molar-refractivity contribution >= 4 is 17.3 Å². The SMILES string of the molecule is Cc1ccc(Cl)c(C(N)=C2CC2)c1. The summed E-state index contributed by atoms with van der Waals surface area (Å²) in [5, 5.41) is 0.752. The average Bonchev–Trinajstić information content (AvgIpc) is 2.91. The maximum atomic E-state index is 6.05. The molecule has 0 saturated heterocycles. The molecular formula is C11H12ClN. The minimum Gasteiger partial charge on any atom is -0.398 e. The topological polar surface area (TPSA) is 26.0 Å². The molecule has 0 aliphatic heterocycles. The van der Waals surface area contributed by atoms with Crippen LogP contribution in [-0.4, -0.2) is 0 Å². The summed E-state index contributed by atoms with van der Waals surface area (Å²) in [6.45, 7) is 2.05. The fraction of sp³-hybridized carbons (Fsp3) is 0.273. The van der Waals surface area contributed by atoms with Crippen molar-refractivity contribution in [2.24, 2.45) is 5.73 Å². The normalized spacial score (nSPS) is 14.5. The molecule has 13 heavy (non-hydrogen) atoms. The number of hydrogen-bond donors (Lipinski definition) is 1. The van der Waals surface area contributed by atoms with Crippen LogP contribution in [0.25, 0.3) is 5.70 Å². The average molecular weight is 194 g/mol. The fourth-order valence-corrected chi connectivity index (χ4v) is 1.59. The maximum absolute atomic E-state index is 6.05. The molecule has 0 amide bonds. The minimum absolute atomic E-state index is 0.752. The van der Waals surface area contributed by atoms with Crippen LogP contribution in [0.2, 0.25) is 5.02 Å². The Morgan fingerprint density at radius 3 is 2.69 bits per heavy atom. The summed E-state index contributed by atoms with van der Waals surface area (Å²) < 4.78 is 0. The molecule has 1 aliphatic rings. The summed E-state index contributed by atoms with van der Waals surface area (Å²) >= 11 is 6.05. The molecule has 1 saturated carbocycles. The van der Waals surface area contributed by atoms with Crippen molar-refractivity contribution in [2.45, 2.75) is 19.8 Å². The molecule has 2 heteroatoms. The first kappa shape index (κ1) is 8.64. The lowest BCUT2D eigenvalue weighted by Crippen LogP contribution is -1.97. The van der Waals surface area contributed by atoms with E-state index in [4.69, 9.17) is 17.3 Å². The molecule has 2 rings (SSSR count). The molecule has 0 aromatic heterocycles. The van der Waals surface area contributed by atoms with Crippen LogP contribution in [0, 0.1) is 6.92 Å². The van der Waals surface area contributed by atoms with Crippen molar-refractivity contribution in [1.82, 2.24) is 0 Å². The van der Waals surface area contributed by atoms with Crippen molar-refractivity contribution in [3.63, 3.8) is 0 Å². The van der Waals surface area contributed by atoms with Gasteiger partial charge in [0, 0.05) is 16.3 Å². The Hall–Kier alpha value is -0.950. The highest BCUT2D eigenvalue weighted by Gasteiger charge is 2.18. The van der Waals surface area contributed by atoms with E-state index in [1.54, 1.807) is 0 Å². The van der Waals surface area contributed by atoms with E-state index in [1.165, 1.54) is 11.1 Å². The standard InChI is InChI=1S/C11H12ClN/c1-7-2-5-10(12)9(6-7)11(13)8-3-4-8/h2,5-6H,3-4,13H2,1H3. The molecule has 68 valence electrons. The molecular weight excluding hydrogens is 182 g/mol. The largest absolute Gasteiger partial charge is 0.398 e. The van der Waals surface area contributed by atoms with Gasteiger partial charge in [-0.3, -0.25) is 0 Å². The van der Waals surface area contributed by atoms with E-state index in [-0.39, 0.29) is 0 Å². The van der Waals surface area contributed by atoms with Crippen LogP contribution in [0.4, 0.5) is 0 Å². The van der Waals surface area contributed by atoms with Crippen molar-refractivity contribution in [3.05, 3.63) is 39.9 Å². The number of hydrogen-bond acceptors (Lipinski definition) is 1. The molecule has 1 aromatic rings. The molecule has 0 unspecified atom stereocenters. The van der Waals surface area contributed by atoms with Gasteiger partial charge < -0.3 is 5.73 Å². The molecule has 1 fully saturated rings. The first-order valence-electron chi connectivity index (χ1n) is 4.42. The third kappa shape index (κ3) is 1.70. The Labute approximate surface area is 83.2 Å². The number of rotatable bonds is 1. The lowest BCUT2D eigenvalue weighted by Gasteiger charge is -2.05. The summed E-state index contributed by atoms with van der Waals surface area (Å²) in [5.41, 5.74) is 10.4. The van der Waals surface area contributed by atoms with Gasteiger partial charge in [0.1, 0.15) is 0 Å². The summed E-state index contributed by atoms with van der Waals surface area (Å²) in [4.78, 5) is 0. The third-order valence-corrected chi connectivity index (χ3v) is 2.62. The number of halogens is 1. The Morgan fingerprint density at radius 1 is 1.38 bits per heavy atom. The van der Waals surface area contributed by atoms with Crippen molar-refractivity contribution in [2.75, 3.05) is 0 Å². The second-order valence-electron chi connectivity index (χ2n) is 3.50.